The molecule has 6 heteroatoms. The van der Waals surface area contributed by atoms with Gasteiger partial charge in [-0.2, -0.15) is 18.3 Å². The van der Waals surface area contributed by atoms with Crippen LogP contribution in [0.4, 0.5) is 18.9 Å². The molecule has 0 fully saturated rings. The molecule has 1 aromatic carbocycles. The smallest absolute Gasteiger partial charge is 0.381 e. The minimum absolute atomic E-state index is 0.439. The quantitative estimate of drug-likeness (QED) is 0.913. The van der Waals surface area contributed by atoms with Gasteiger partial charge in [-0.3, -0.25) is 4.68 Å². The van der Waals surface area contributed by atoms with Crippen LogP contribution < -0.4 is 5.32 Å². The summed E-state index contributed by atoms with van der Waals surface area (Å²) in [5, 5.41) is 6.92. The lowest BCUT2D eigenvalue weighted by Gasteiger charge is -2.09. The van der Waals surface area contributed by atoms with Gasteiger partial charge in [-0.25, -0.2) is 0 Å². The van der Waals surface area contributed by atoms with E-state index in [-0.39, 0.29) is 0 Å². The monoisotopic (exact) mass is 255 g/mol. The molecule has 1 N–H and O–H groups in total. The van der Waals surface area contributed by atoms with Crippen LogP contribution in [0.25, 0.3) is 0 Å². The predicted octanol–water partition coefficient (Wildman–Crippen LogP) is 3.05. The molecule has 1 aromatic heterocycles. The number of nitrogens with one attached hydrogen (secondary N) is 1. The van der Waals surface area contributed by atoms with E-state index in [0.29, 0.717) is 12.2 Å². The number of halogens is 3. The van der Waals surface area contributed by atoms with E-state index in [2.05, 4.69) is 10.4 Å². The zero-order valence-corrected chi connectivity index (χ0v) is 9.70. The Morgan fingerprint density at radius 1 is 1.33 bits per heavy atom. The van der Waals surface area contributed by atoms with E-state index < -0.39 is 11.7 Å². The third-order valence-electron chi connectivity index (χ3n) is 2.44. The fourth-order valence-electron chi connectivity index (χ4n) is 1.57. The van der Waals surface area contributed by atoms with Crippen molar-refractivity contribution >= 4 is 5.69 Å². The normalized spacial score (nSPS) is 11.6. The Kier molecular flexibility index (Phi) is 3.27. The molecule has 0 radical (unpaired) electrons. The maximum Gasteiger partial charge on any atom is 0.416 e. The van der Waals surface area contributed by atoms with Gasteiger partial charge in [0.25, 0.3) is 0 Å². The van der Waals surface area contributed by atoms with E-state index in [1.807, 2.05) is 0 Å². The molecule has 18 heavy (non-hydrogen) atoms. The second-order valence-electron chi connectivity index (χ2n) is 3.95. The first-order valence-corrected chi connectivity index (χ1v) is 5.34. The number of anilines is 1. The SMILES string of the molecule is Cn1cc(CNc2cccc(C(F)(F)F)c2)cn1. The number of aromatic nitrogens is 2. The second-order valence-corrected chi connectivity index (χ2v) is 3.95. The molecule has 1 heterocycles. The Hall–Kier alpha value is -1.98. The van der Waals surface area contributed by atoms with Crippen LogP contribution >= 0.6 is 0 Å². The largest absolute Gasteiger partial charge is 0.416 e. The minimum Gasteiger partial charge on any atom is -0.381 e. The number of benzene rings is 1. The number of aryl methyl sites for hydroxylation is 1. The first-order valence-electron chi connectivity index (χ1n) is 5.34. The van der Waals surface area contributed by atoms with Crippen LogP contribution in [0.15, 0.2) is 36.7 Å². The van der Waals surface area contributed by atoms with Crippen molar-refractivity contribution in [1.29, 1.82) is 0 Å². The molecular weight excluding hydrogens is 243 g/mol. The predicted molar refractivity (Wildman–Crippen MR) is 62.0 cm³/mol. The molecule has 96 valence electrons. The Labute approximate surface area is 102 Å². The van der Waals surface area contributed by atoms with E-state index in [1.165, 1.54) is 6.07 Å². The maximum absolute atomic E-state index is 12.5. The molecule has 0 atom stereocenters. The van der Waals surface area contributed by atoms with Crippen molar-refractivity contribution < 1.29 is 13.2 Å². The van der Waals surface area contributed by atoms with Gasteiger partial charge in [-0.1, -0.05) is 6.07 Å². The topological polar surface area (TPSA) is 29.9 Å². The fourth-order valence-corrected chi connectivity index (χ4v) is 1.57. The van der Waals surface area contributed by atoms with E-state index >= 15 is 0 Å². The highest BCUT2D eigenvalue weighted by Crippen LogP contribution is 2.30. The summed E-state index contributed by atoms with van der Waals surface area (Å²) in [6.45, 7) is 0.440. The molecule has 2 rings (SSSR count). The van der Waals surface area contributed by atoms with Gasteiger partial charge in [0, 0.05) is 31.0 Å². The van der Waals surface area contributed by atoms with Crippen molar-refractivity contribution in [2.24, 2.45) is 7.05 Å². The highest BCUT2D eigenvalue weighted by molar-refractivity contribution is 5.46. The summed E-state index contributed by atoms with van der Waals surface area (Å²) in [5.41, 5.74) is 0.697. The number of alkyl halides is 3. The van der Waals surface area contributed by atoms with Crippen LogP contribution in [-0.4, -0.2) is 9.78 Å². The molecular formula is C12H12F3N3. The molecule has 0 aliphatic carbocycles. The molecule has 0 amide bonds. The Morgan fingerprint density at radius 3 is 2.72 bits per heavy atom. The van der Waals surface area contributed by atoms with Crippen LogP contribution in [0.2, 0.25) is 0 Å². The van der Waals surface area contributed by atoms with Crippen LogP contribution in [0.1, 0.15) is 11.1 Å². The zero-order valence-electron chi connectivity index (χ0n) is 9.70. The summed E-state index contributed by atoms with van der Waals surface area (Å²) in [6.07, 6.45) is -0.840. The first kappa shape index (κ1) is 12.5. The molecule has 0 aliphatic rings. The summed E-state index contributed by atoms with van der Waals surface area (Å²) in [6, 6.07) is 5.13. The van der Waals surface area contributed by atoms with Gasteiger partial charge in [0.15, 0.2) is 0 Å². The van der Waals surface area contributed by atoms with Crippen molar-refractivity contribution in [1.82, 2.24) is 9.78 Å². The first-order chi connectivity index (χ1) is 8.45. The summed E-state index contributed by atoms with van der Waals surface area (Å²) in [7, 11) is 1.79. The number of hydrogen-bond donors (Lipinski definition) is 1. The van der Waals surface area contributed by atoms with Gasteiger partial charge in [0.05, 0.1) is 11.8 Å². The molecule has 2 aromatic rings. The van der Waals surface area contributed by atoms with Crippen LogP contribution in [-0.2, 0) is 19.8 Å². The van der Waals surface area contributed by atoms with Crippen LogP contribution in [0.5, 0.6) is 0 Å². The Bertz CT molecular complexity index is 531. The van der Waals surface area contributed by atoms with Gasteiger partial charge in [-0.05, 0) is 18.2 Å². The summed E-state index contributed by atoms with van der Waals surface area (Å²) < 4.78 is 39.1. The minimum atomic E-state index is -4.31. The van der Waals surface area contributed by atoms with Crippen molar-refractivity contribution in [3.05, 3.63) is 47.8 Å². The lowest BCUT2D eigenvalue weighted by atomic mass is 10.2. The average molecular weight is 255 g/mol. The molecule has 0 aliphatic heterocycles. The van der Waals surface area contributed by atoms with Crippen LogP contribution in [0, 0.1) is 0 Å². The average Bonchev–Trinajstić information content (AvgIpc) is 2.72. The lowest BCUT2D eigenvalue weighted by Crippen LogP contribution is -2.06. The van der Waals surface area contributed by atoms with Gasteiger partial charge < -0.3 is 5.32 Å². The van der Waals surface area contributed by atoms with Crippen molar-refractivity contribution in [2.75, 3.05) is 5.32 Å². The summed E-state index contributed by atoms with van der Waals surface area (Å²) in [5.74, 6) is 0. The van der Waals surface area contributed by atoms with E-state index in [9.17, 15) is 13.2 Å². The van der Waals surface area contributed by atoms with E-state index in [1.54, 1.807) is 30.2 Å². The van der Waals surface area contributed by atoms with Crippen molar-refractivity contribution in [3.8, 4) is 0 Å². The van der Waals surface area contributed by atoms with Gasteiger partial charge >= 0.3 is 6.18 Å². The number of rotatable bonds is 3. The molecule has 0 saturated carbocycles. The Morgan fingerprint density at radius 2 is 2.11 bits per heavy atom. The third-order valence-corrected chi connectivity index (χ3v) is 2.44. The van der Waals surface area contributed by atoms with Gasteiger partial charge in [-0.15, -0.1) is 0 Å². The summed E-state index contributed by atoms with van der Waals surface area (Å²) in [4.78, 5) is 0. The van der Waals surface area contributed by atoms with E-state index in [4.69, 9.17) is 0 Å². The van der Waals surface area contributed by atoms with Gasteiger partial charge in [0.1, 0.15) is 0 Å². The number of nitrogens with zero attached hydrogens (tertiary/aromatic N) is 2. The zero-order chi connectivity index (χ0) is 13.2. The maximum atomic E-state index is 12.5. The third kappa shape index (κ3) is 3.03. The summed E-state index contributed by atoms with van der Waals surface area (Å²) >= 11 is 0. The lowest BCUT2D eigenvalue weighted by molar-refractivity contribution is -0.137. The highest BCUT2D eigenvalue weighted by atomic mass is 19.4. The Balaban J connectivity index is 2.06. The highest BCUT2D eigenvalue weighted by Gasteiger charge is 2.30. The standard InChI is InChI=1S/C12H12F3N3/c1-18-8-9(7-17-18)6-16-11-4-2-3-10(5-11)12(13,14)15/h2-5,7-8,16H,6H2,1H3. The van der Waals surface area contributed by atoms with Crippen molar-refractivity contribution in [2.45, 2.75) is 12.7 Å². The van der Waals surface area contributed by atoms with Crippen LogP contribution in [0.3, 0.4) is 0 Å². The molecule has 3 nitrogen and oxygen atoms in total. The van der Waals surface area contributed by atoms with Gasteiger partial charge in [0.2, 0.25) is 0 Å². The van der Waals surface area contributed by atoms with E-state index in [0.717, 1.165) is 17.7 Å². The van der Waals surface area contributed by atoms with Crippen molar-refractivity contribution in [3.63, 3.8) is 0 Å². The molecule has 0 spiro atoms. The number of hydrogen-bond acceptors (Lipinski definition) is 2. The fraction of sp³-hybridized carbons (Fsp3) is 0.250. The molecule has 0 saturated heterocycles. The molecule has 0 unspecified atom stereocenters. The second kappa shape index (κ2) is 4.72. The molecule has 0 bridgehead atoms.